The highest BCUT2D eigenvalue weighted by Gasteiger charge is 2.35. The largest absolute Gasteiger partial charge is 0.451 e. The molecule has 1 saturated heterocycles. The Morgan fingerprint density at radius 2 is 2.17 bits per heavy atom. The van der Waals surface area contributed by atoms with Crippen LogP contribution in [0.1, 0.15) is 41.7 Å². The molecule has 3 heterocycles. The monoisotopic (exact) mass is 325 g/mol. The molecular weight excluding hydrogens is 307 g/mol. The van der Waals surface area contributed by atoms with Crippen molar-refractivity contribution in [2.24, 2.45) is 0 Å². The third-order valence-electron chi connectivity index (χ3n) is 4.14. The van der Waals surface area contributed by atoms with Crippen molar-refractivity contribution < 1.29 is 13.2 Å². The second-order valence-electron chi connectivity index (χ2n) is 5.85. The first-order chi connectivity index (χ1) is 10.9. The molecule has 1 atom stereocenters. The van der Waals surface area contributed by atoms with E-state index in [1.165, 1.54) is 6.20 Å². The Bertz CT molecular complexity index is 654. The number of nitrogens with one attached hydrogen (secondary N) is 1. The molecule has 124 valence electrons. The van der Waals surface area contributed by atoms with E-state index in [9.17, 15) is 13.2 Å². The highest BCUT2D eigenvalue weighted by Crippen LogP contribution is 2.28. The van der Waals surface area contributed by atoms with E-state index in [0.717, 1.165) is 37.3 Å². The Morgan fingerprint density at radius 1 is 1.35 bits per heavy atom. The van der Waals surface area contributed by atoms with E-state index in [1.54, 1.807) is 13.1 Å². The lowest BCUT2D eigenvalue weighted by Gasteiger charge is -2.32. The Kier molecular flexibility index (Phi) is 4.34. The van der Waals surface area contributed by atoms with Crippen LogP contribution in [-0.2, 0) is 12.7 Å². The van der Waals surface area contributed by atoms with Gasteiger partial charge in [0.25, 0.3) is 0 Å². The zero-order valence-electron chi connectivity index (χ0n) is 12.8. The van der Waals surface area contributed by atoms with Gasteiger partial charge in [-0.05, 0) is 26.3 Å². The van der Waals surface area contributed by atoms with Crippen LogP contribution < -0.4 is 0 Å². The normalized spacial score (nSPS) is 19.9. The summed E-state index contributed by atoms with van der Waals surface area (Å²) < 4.78 is 37.9. The minimum Gasteiger partial charge on any atom is -0.348 e. The molecular formula is C15H18F3N5. The summed E-state index contributed by atoms with van der Waals surface area (Å²) in [6.45, 7) is 3.90. The first-order valence-corrected chi connectivity index (χ1v) is 7.55. The number of halogens is 3. The van der Waals surface area contributed by atoms with Gasteiger partial charge in [-0.15, -0.1) is 0 Å². The van der Waals surface area contributed by atoms with Crippen molar-refractivity contribution >= 4 is 0 Å². The van der Waals surface area contributed by atoms with E-state index in [2.05, 4.69) is 24.8 Å². The van der Waals surface area contributed by atoms with E-state index in [1.807, 2.05) is 6.20 Å². The molecule has 1 aliphatic rings. The van der Waals surface area contributed by atoms with Gasteiger partial charge in [0.1, 0.15) is 5.82 Å². The van der Waals surface area contributed by atoms with Gasteiger partial charge >= 0.3 is 6.18 Å². The molecule has 0 spiro atoms. The average molecular weight is 325 g/mol. The number of H-pyrrole nitrogens is 1. The molecule has 8 heteroatoms. The van der Waals surface area contributed by atoms with Gasteiger partial charge in [-0.3, -0.25) is 4.90 Å². The fraction of sp³-hybridized carbons (Fsp3) is 0.533. The number of aryl methyl sites for hydroxylation is 1. The molecule has 0 aliphatic carbocycles. The van der Waals surface area contributed by atoms with Crippen molar-refractivity contribution in [1.82, 2.24) is 24.8 Å². The number of rotatable bonds is 3. The third-order valence-corrected chi connectivity index (χ3v) is 4.14. The van der Waals surface area contributed by atoms with Gasteiger partial charge in [0.05, 0.1) is 0 Å². The molecule has 0 bridgehead atoms. The maximum absolute atomic E-state index is 12.6. The molecule has 1 unspecified atom stereocenters. The lowest BCUT2D eigenvalue weighted by molar-refractivity contribution is -0.145. The predicted octanol–water partition coefficient (Wildman–Crippen LogP) is 2.91. The van der Waals surface area contributed by atoms with Crippen molar-refractivity contribution in [2.45, 2.75) is 38.4 Å². The third kappa shape index (κ3) is 3.69. The summed E-state index contributed by atoms with van der Waals surface area (Å²) in [7, 11) is 0. The average Bonchev–Trinajstić information content (AvgIpc) is 3.03. The molecule has 1 aliphatic heterocycles. The fourth-order valence-corrected chi connectivity index (χ4v) is 2.95. The Hall–Kier alpha value is -1.96. The van der Waals surface area contributed by atoms with Gasteiger partial charge < -0.3 is 4.98 Å². The van der Waals surface area contributed by atoms with Crippen LogP contribution in [0, 0.1) is 6.92 Å². The minimum absolute atomic E-state index is 0.328. The summed E-state index contributed by atoms with van der Waals surface area (Å²) in [5.41, 5.74) is 1.12. The van der Waals surface area contributed by atoms with Crippen LogP contribution in [0.2, 0.25) is 0 Å². The van der Waals surface area contributed by atoms with Gasteiger partial charge in [-0.25, -0.2) is 15.0 Å². The molecule has 0 saturated carbocycles. The highest BCUT2D eigenvalue weighted by atomic mass is 19.4. The van der Waals surface area contributed by atoms with Crippen LogP contribution >= 0.6 is 0 Å². The summed E-state index contributed by atoms with van der Waals surface area (Å²) >= 11 is 0. The Balaban J connectivity index is 1.69. The van der Waals surface area contributed by atoms with Crippen LogP contribution in [0.3, 0.4) is 0 Å². The van der Waals surface area contributed by atoms with Gasteiger partial charge in [0.15, 0.2) is 0 Å². The molecule has 0 aromatic carbocycles. The molecule has 0 amide bonds. The van der Waals surface area contributed by atoms with E-state index in [-0.39, 0.29) is 0 Å². The van der Waals surface area contributed by atoms with Crippen molar-refractivity contribution in [1.29, 1.82) is 0 Å². The second-order valence-corrected chi connectivity index (χ2v) is 5.85. The van der Waals surface area contributed by atoms with E-state index < -0.39 is 12.0 Å². The number of likely N-dealkylation sites (tertiary alicyclic amines) is 1. The number of aromatic nitrogens is 4. The Labute approximate surface area is 132 Å². The Morgan fingerprint density at radius 3 is 2.83 bits per heavy atom. The topological polar surface area (TPSA) is 57.7 Å². The molecule has 1 fully saturated rings. The zero-order valence-corrected chi connectivity index (χ0v) is 12.8. The summed E-state index contributed by atoms with van der Waals surface area (Å²) in [6.07, 6.45) is 2.43. The van der Waals surface area contributed by atoms with Crippen LogP contribution in [0.4, 0.5) is 13.2 Å². The number of nitrogens with zero attached hydrogens (tertiary/aromatic N) is 4. The number of hydrogen-bond acceptors (Lipinski definition) is 4. The minimum atomic E-state index is -4.50. The summed E-state index contributed by atoms with van der Waals surface area (Å²) in [5, 5.41) is 0. The van der Waals surface area contributed by atoms with Crippen molar-refractivity contribution in [3.05, 3.63) is 41.5 Å². The molecule has 0 radical (unpaired) electrons. The van der Waals surface area contributed by atoms with Crippen molar-refractivity contribution in [3.8, 4) is 0 Å². The maximum Gasteiger partial charge on any atom is 0.451 e. The highest BCUT2D eigenvalue weighted by molar-refractivity contribution is 5.17. The van der Waals surface area contributed by atoms with Crippen LogP contribution in [0.5, 0.6) is 0 Å². The first-order valence-electron chi connectivity index (χ1n) is 7.55. The number of piperidine rings is 1. The SMILES string of the molecule is Cc1nc(C(F)(F)F)ncc1CN1CCCC(c2ncc[nH]2)C1. The molecule has 23 heavy (non-hydrogen) atoms. The second kappa shape index (κ2) is 6.27. The number of alkyl halides is 3. The number of imidazole rings is 1. The smallest absolute Gasteiger partial charge is 0.348 e. The summed E-state index contributed by atoms with van der Waals surface area (Å²) in [6, 6.07) is 0. The van der Waals surface area contributed by atoms with Gasteiger partial charge in [-0.2, -0.15) is 13.2 Å². The standard InChI is InChI=1S/C15H18F3N5/c1-10-12(7-21-14(22-10)15(16,17)18)9-23-6-2-3-11(8-23)13-19-4-5-20-13/h4-5,7,11H,2-3,6,8-9H2,1H3,(H,19,20). The lowest BCUT2D eigenvalue weighted by Crippen LogP contribution is -2.34. The van der Waals surface area contributed by atoms with Crippen molar-refractivity contribution in [2.75, 3.05) is 13.1 Å². The summed E-state index contributed by atoms with van der Waals surface area (Å²) in [5.74, 6) is 0.218. The number of aromatic amines is 1. The lowest BCUT2D eigenvalue weighted by atomic mass is 9.97. The molecule has 2 aromatic rings. The van der Waals surface area contributed by atoms with Crippen LogP contribution in [-0.4, -0.2) is 37.9 Å². The summed E-state index contributed by atoms with van der Waals surface area (Å²) in [4.78, 5) is 16.7. The molecule has 5 nitrogen and oxygen atoms in total. The predicted molar refractivity (Wildman–Crippen MR) is 77.6 cm³/mol. The van der Waals surface area contributed by atoms with E-state index in [4.69, 9.17) is 0 Å². The maximum atomic E-state index is 12.6. The van der Waals surface area contributed by atoms with Crippen LogP contribution in [0.25, 0.3) is 0 Å². The molecule has 3 rings (SSSR count). The first kappa shape index (κ1) is 15.9. The van der Waals surface area contributed by atoms with E-state index >= 15 is 0 Å². The van der Waals surface area contributed by atoms with E-state index in [0.29, 0.717) is 18.2 Å². The van der Waals surface area contributed by atoms with Gasteiger partial charge in [-0.1, -0.05) is 0 Å². The van der Waals surface area contributed by atoms with Crippen molar-refractivity contribution in [3.63, 3.8) is 0 Å². The molecule has 2 aromatic heterocycles. The number of hydrogen-bond donors (Lipinski definition) is 1. The molecule has 1 N–H and O–H groups in total. The van der Waals surface area contributed by atoms with Gasteiger partial charge in [0.2, 0.25) is 5.82 Å². The zero-order chi connectivity index (χ0) is 16.4. The fourth-order valence-electron chi connectivity index (χ4n) is 2.95. The van der Waals surface area contributed by atoms with Crippen LogP contribution in [0.15, 0.2) is 18.6 Å². The van der Waals surface area contributed by atoms with Gasteiger partial charge in [0, 0.05) is 48.9 Å². The quantitative estimate of drug-likeness (QED) is 0.943.